The lowest BCUT2D eigenvalue weighted by molar-refractivity contribution is -0.274. The number of aryl methyl sites for hydroxylation is 1. The van der Waals surface area contributed by atoms with Crippen LogP contribution in [0.2, 0.25) is 5.02 Å². The monoisotopic (exact) mass is 1080 g/mol. The summed E-state index contributed by atoms with van der Waals surface area (Å²) in [6, 6.07) is 37.5. The Hall–Kier alpha value is -7.80. The molecule has 10 rings (SSSR count). The first-order chi connectivity index (χ1) is 37.0. The van der Waals surface area contributed by atoms with Crippen molar-refractivity contribution in [2.45, 2.75) is 70.7 Å². The Morgan fingerprint density at radius 1 is 0.766 bits per heavy atom. The number of piperidine rings is 1. The fraction of sp³-hybridized carbons (Fsp3) is 0.298. The van der Waals surface area contributed by atoms with Crippen LogP contribution in [0.4, 0.5) is 53.6 Å². The van der Waals surface area contributed by atoms with Crippen molar-refractivity contribution < 1.29 is 45.0 Å². The van der Waals surface area contributed by atoms with E-state index in [1.165, 1.54) is 30.6 Å². The number of amides is 1. The van der Waals surface area contributed by atoms with Crippen LogP contribution in [0, 0.1) is 5.82 Å². The number of halogens is 8. The molecule has 3 aromatic heterocycles. The minimum Gasteiger partial charge on any atom is -0.484 e. The molecule has 12 nitrogen and oxygen atoms in total. The second-order valence-corrected chi connectivity index (χ2v) is 19.3. The van der Waals surface area contributed by atoms with Crippen molar-refractivity contribution in [1.29, 1.82) is 0 Å². The van der Waals surface area contributed by atoms with Gasteiger partial charge in [-0.05, 0) is 134 Å². The number of rotatable bonds is 14. The van der Waals surface area contributed by atoms with Gasteiger partial charge in [0.25, 0.3) is 5.91 Å². The SMILES string of the molecule is CCc1nc2ccc(Cl)cn2c1C(=O)NCc1ccc(N2CCC(c3ccc(OC(F)(F)F)cc3)CC2)cc1.C[C@H]1CN(c2ccc(CNc3ncnc4ccccc34)cc2F)CCN1c1ccc(OCC(F)(F)F)cc1. The zero-order chi connectivity index (χ0) is 54.3. The maximum Gasteiger partial charge on any atom is 0.573 e. The third-order valence-electron chi connectivity index (χ3n) is 13.6. The molecule has 1 atom stereocenters. The van der Waals surface area contributed by atoms with Crippen LogP contribution in [0.15, 0.2) is 140 Å². The van der Waals surface area contributed by atoms with Crippen molar-refractivity contribution in [3.05, 3.63) is 179 Å². The van der Waals surface area contributed by atoms with Gasteiger partial charge in [0.1, 0.15) is 40.8 Å². The Bertz CT molecular complexity index is 3270. The predicted molar refractivity (Wildman–Crippen MR) is 285 cm³/mol. The summed E-state index contributed by atoms with van der Waals surface area (Å²) in [5.41, 5.74) is 8.07. The van der Waals surface area contributed by atoms with Crippen LogP contribution in [0.3, 0.4) is 0 Å². The van der Waals surface area contributed by atoms with Gasteiger partial charge < -0.3 is 34.8 Å². The van der Waals surface area contributed by atoms with Crippen LogP contribution in [0.5, 0.6) is 11.5 Å². The molecule has 2 aliphatic heterocycles. The number of aromatic nitrogens is 4. The Morgan fingerprint density at radius 3 is 2.16 bits per heavy atom. The number of nitrogens with zero attached hydrogens (tertiary/aromatic N) is 7. The van der Waals surface area contributed by atoms with E-state index in [0.717, 1.165) is 70.6 Å². The molecular weight excluding hydrogens is 1030 g/mol. The van der Waals surface area contributed by atoms with E-state index in [4.69, 9.17) is 16.3 Å². The van der Waals surface area contributed by atoms with Gasteiger partial charge in [-0.25, -0.2) is 19.3 Å². The van der Waals surface area contributed by atoms with Crippen LogP contribution in [0.1, 0.15) is 65.5 Å². The lowest BCUT2D eigenvalue weighted by Gasteiger charge is -2.42. The zero-order valence-electron chi connectivity index (χ0n) is 42.1. The first-order valence-electron chi connectivity index (χ1n) is 25.1. The van der Waals surface area contributed by atoms with Gasteiger partial charge in [0.2, 0.25) is 0 Å². The molecule has 2 saturated heterocycles. The molecule has 0 aliphatic carbocycles. The van der Waals surface area contributed by atoms with Gasteiger partial charge in [0, 0.05) is 74.8 Å². The number of carbonyl (C=O) groups is 1. The molecule has 0 radical (unpaired) electrons. The van der Waals surface area contributed by atoms with Gasteiger partial charge in [0.05, 0.1) is 21.9 Å². The number of benzene rings is 5. The van der Waals surface area contributed by atoms with E-state index in [9.17, 15) is 31.1 Å². The van der Waals surface area contributed by atoms with Gasteiger partial charge in [0.15, 0.2) is 6.61 Å². The topological polar surface area (TPSA) is 112 Å². The molecule has 5 aromatic carbocycles. The lowest BCUT2D eigenvalue weighted by Crippen LogP contribution is -2.52. The number of piperazine rings is 1. The summed E-state index contributed by atoms with van der Waals surface area (Å²) in [6.45, 7) is 7.04. The van der Waals surface area contributed by atoms with Crippen LogP contribution >= 0.6 is 11.6 Å². The molecule has 0 saturated carbocycles. The van der Waals surface area contributed by atoms with E-state index in [2.05, 4.69) is 52.3 Å². The summed E-state index contributed by atoms with van der Waals surface area (Å²) in [4.78, 5) is 32.7. The highest BCUT2D eigenvalue weighted by molar-refractivity contribution is 6.30. The number of ether oxygens (including phenoxy) is 2. The lowest BCUT2D eigenvalue weighted by atomic mass is 9.89. The van der Waals surface area contributed by atoms with Crippen molar-refractivity contribution in [2.75, 3.05) is 59.3 Å². The third-order valence-corrected chi connectivity index (χ3v) is 13.8. The molecule has 0 unspecified atom stereocenters. The van der Waals surface area contributed by atoms with Crippen LogP contribution in [0.25, 0.3) is 16.6 Å². The van der Waals surface area contributed by atoms with Gasteiger partial charge in [-0.2, -0.15) is 13.2 Å². The third kappa shape index (κ3) is 13.8. The molecule has 402 valence electrons. The summed E-state index contributed by atoms with van der Waals surface area (Å²) in [7, 11) is 0. The zero-order valence-corrected chi connectivity index (χ0v) is 42.8. The number of imidazole rings is 1. The van der Waals surface area contributed by atoms with Crippen molar-refractivity contribution in [1.82, 2.24) is 24.7 Å². The van der Waals surface area contributed by atoms with Crippen LogP contribution < -0.4 is 34.8 Å². The van der Waals surface area contributed by atoms with E-state index in [1.54, 1.807) is 59.1 Å². The number of fused-ring (bicyclic) bond motifs is 2. The number of carbonyl (C=O) groups excluding carboxylic acids is 1. The van der Waals surface area contributed by atoms with Gasteiger partial charge in [-0.15, -0.1) is 13.2 Å². The van der Waals surface area contributed by atoms with Gasteiger partial charge in [-0.3, -0.25) is 9.20 Å². The maximum absolute atomic E-state index is 15.2. The minimum absolute atomic E-state index is 0.0671. The second-order valence-electron chi connectivity index (χ2n) is 18.8. The highest BCUT2D eigenvalue weighted by Gasteiger charge is 2.32. The maximum atomic E-state index is 15.2. The smallest absolute Gasteiger partial charge is 0.484 e. The molecular formula is C57H55ClF7N9O3. The molecule has 2 aliphatic rings. The van der Waals surface area contributed by atoms with Gasteiger partial charge in [-0.1, -0.05) is 61.0 Å². The number of para-hydroxylation sites is 1. The van der Waals surface area contributed by atoms with E-state index >= 15 is 4.39 Å². The molecule has 2 N–H and O–H groups in total. The van der Waals surface area contributed by atoms with E-state index < -0.39 is 19.1 Å². The standard InChI is InChI=1S/C29H28ClF3N4O2.C28H27F4N5O/c1-2-25-27(37-18-22(30)7-12-26(37)35-25)28(38)34-17-19-3-8-23(9-4-19)36-15-13-21(14-16-36)20-5-10-24(11-6-20)39-29(31,32)33;1-19-16-36(12-13-37(19)21-7-9-22(10-8-21)38-17-28(30,31)32)26-11-6-20(14-24(26)29)15-33-27-23-4-2-3-5-25(23)34-18-35-27/h3-12,18,21H,2,13-17H2,1H3,(H,34,38);2-11,14,18-19H,12-13,15-17H2,1H3,(H,33,34,35)/t;19-/m.0/s1. The van der Waals surface area contributed by atoms with Gasteiger partial charge >= 0.3 is 12.5 Å². The first kappa shape index (κ1) is 54.0. The Balaban J connectivity index is 0.000000188. The second kappa shape index (κ2) is 23.6. The molecule has 77 heavy (non-hydrogen) atoms. The highest BCUT2D eigenvalue weighted by Crippen LogP contribution is 2.34. The van der Waals surface area contributed by atoms with Crippen molar-refractivity contribution in [2.24, 2.45) is 0 Å². The predicted octanol–water partition coefficient (Wildman–Crippen LogP) is 12.8. The van der Waals surface area contributed by atoms with Crippen molar-refractivity contribution in [3.8, 4) is 11.5 Å². The van der Waals surface area contributed by atoms with E-state index in [-0.39, 0.29) is 35.2 Å². The van der Waals surface area contributed by atoms with Crippen molar-refractivity contribution >= 4 is 56.9 Å². The molecule has 0 bridgehead atoms. The fourth-order valence-corrected chi connectivity index (χ4v) is 9.93. The summed E-state index contributed by atoms with van der Waals surface area (Å²) in [6.07, 6.45) is -3.42. The van der Waals surface area contributed by atoms with Crippen LogP contribution in [-0.2, 0) is 19.5 Å². The molecule has 0 spiro atoms. The molecule has 20 heteroatoms. The summed E-state index contributed by atoms with van der Waals surface area (Å²) >= 11 is 6.14. The summed E-state index contributed by atoms with van der Waals surface area (Å²) in [5, 5.41) is 7.71. The Kier molecular flexibility index (Phi) is 16.6. The van der Waals surface area contributed by atoms with Crippen molar-refractivity contribution in [3.63, 3.8) is 0 Å². The largest absolute Gasteiger partial charge is 0.573 e. The first-order valence-corrected chi connectivity index (χ1v) is 25.5. The summed E-state index contributed by atoms with van der Waals surface area (Å²) in [5.74, 6) is 0.466. The normalized spacial score (nSPS) is 15.3. The van der Waals surface area contributed by atoms with E-state index in [1.807, 2.05) is 61.2 Å². The fourth-order valence-electron chi connectivity index (χ4n) is 9.77. The minimum atomic E-state index is -4.68. The number of alkyl halides is 6. The average molecular weight is 1080 g/mol. The molecule has 2 fully saturated rings. The number of hydrogen-bond donors (Lipinski definition) is 2. The summed E-state index contributed by atoms with van der Waals surface area (Å²) < 4.78 is 100.0. The molecule has 5 heterocycles. The number of nitrogens with one attached hydrogen (secondary N) is 2. The number of anilines is 4. The molecule has 8 aromatic rings. The number of hydrogen-bond acceptors (Lipinski definition) is 10. The molecule has 1 amide bonds. The number of pyridine rings is 1. The average Bonchev–Trinajstić information content (AvgIpc) is 3.79. The van der Waals surface area contributed by atoms with Crippen LogP contribution in [-0.4, -0.2) is 83.2 Å². The quantitative estimate of drug-likeness (QED) is 0.102. The van der Waals surface area contributed by atoms with E-state index in [0.29, 0.717) is 67.0 Å². The Labute approximate surface area is 445 Å². The Morgan fingerprint density at radius 2 is 1.47 bits per heavy atom. The highest BCUT2D eigenvalue weighted by atomic mass is 35.5.